The number of nitrogens with one attached hydrogen (secondary N) is 2. The van der Waals surface area contributed by atoms with Crippen LogP contribution in [0, 0.1) is 0 Å². The highest BCUT2D eigenvalue weighted by Gasteiger charge is 2.48. The standard InChI is InChI=1S/C16H24N2O4S.ClH/c1-3-22-14-6-4-5-13(11-14)12-18-15(19)16(23(2,20)21)7-9-17-10-8-16;/h4-6,11,17H,3,7-10,12H2,1-2H3,(H,18,19);1H. The van der Waals surface area contributed by atoms with Gasteiger partial charge in [0.1, 0.15) is 5.75 Å². The second kappa shape index (κ2) is 8.69. The van der Waals surface area contributed by atoms with E-state index in [1.807, 2.05) is 31.2 Å². The molecule has 0 aliphatic carbocycles. The fourth-order valence-electron chi connectivity index (χ4n) is 2.85. The van der Waals surface area contributed by atoms with Crippen LogP contribution in [0.3, 0.4) is 0 Å². The van der Waals surface area contributed by atoms with E-state index in [-0.39, 0.29) is 19.0 Å². The van der Waals surface area contributed by atoms with Crippen LogP contribution in [0.5, 0.6) is 5.75 Å². The molecule has 0 aromatic heterocycles. The molecule has 24 heavy (non-hydrogen) atoms. The Morgan fingerprint density at radius 2 is 2.00 bits per heavy atom. The highest BCUT2D eigenvalue weighted by Crippen LogP contribution is 2.28. The Kier molecular flexibility index (Phi) is 7.51. The Morgan fingerprint density at radius 1 is 1.33 bits per heavy atom. The van der Waals surface area contributed by atoms with Crippen molar-refractivity contribution in [2.75, 3.05) is 26.0 Å². The van der Waals surface area contributed by atoms with Crippen molar-refractivity contribution in [3.63, 3.8) is 0 Å². The Labute approximate surface area is 149 Å². The van der Waals surface area contributed by atoms with Gasteiger partial charge in [0.25, 0.3) is 0 Å². The molecule has 0 saturated carbocycles. The van der Waals surface area contributed by atoms with Gasteiger partial charge in [0.15, 0.2) is 14.6 Å². The molecule has 8 heteroatoms. The Morgan fingerprint density at radius 3 is 2.58 bits per heavy atom. The van der Waals surface area contributed by atoms with E-state index in [0.717, 1.165) is 17.6 Å². The molecule has 1 aromatic carbocycles. The smallest absolute Gasteiger partial charge is 0.241 e. The molecule has 2 N–H and O–H groups in total. The van der Waals surface area contributed by atoms with Gasteiger partial charge in [-0.3, -0.25) is 4.79 Å². The van der Waals surface area contributed by atoms with Crippen molar-refractivity contribution in [1.82, 2.24) is 10.6 Å². The van der Waals surface area contributed by atoms with Gasteiger partial charge in [-0.15, -0.1) is 12.4 Å². The number of rotatable bonds is 6. The number of sulfone groups is 1. The summed E-state index contributed by atoms with van der Waals surface area (Å²) in [5.41, 5.74) is 0.877. The quantitative estimate of drug-likeness (QED) is 0.781. The monoisotopic (exact) mass is 376 g/mol. The third-order valence-corrected chi connectivity index (χ3v) is 6.21. The number of piperidine rings is 1. The van der Waals surface area contributed by atoms with Gasteiger partial charge < -0.3 is 15.4 Å². The maximum Gasteiger partial charge on any atom is 0.241 e. The summed E-state index contributed by atoms with van der Waals surface area (Å²) < 4.78 is 28.5. The molecule has 1 amide bonds. The number of hydrogen-bond donors (Lipinski definition) is 2. The van der Waals surface area contributed by atoms with Gasteiger partial charge in [0, 0.05) is 12.8 Å². The zero-order valence-electron chi connectivity index (χ0n) is 14.0. The molecule has 2 rings (SSSR count). The largest absolute Gasteiger partial charge is 0.494 e. The number of ether oxygens (including phenoxy) is 1. The molecular weight excluding hydrogens is 352 g/mol. The highest BCUT2D eigenvalue weighted by atomic mass is 35.5. The van der Waals surface area contributed by atoms with Gasteiger partial charge in [0.05, 0.1) is 6.61 Å². The number of carbonyl (C=O) groups is 1. The van der Waals surface area contributed by atoms with Gasteiger partial charge >= 0.3 is 0 Å². The molecule has 1 aromatic rings. The Bertz CT molecular complexity index is 658. The minimum atomic E-state index is -3.48. The van der Waals surface area contributed by atoms with E-state index in [9.17, 15) is 13.2 Å². The van der Waals surface area contributed by atoms with Crippen LogP contribution in [-0.4, -0.2) is 45.0 Å². The first-order valence-corrected chi connectivity index (χ1v) is 9.68. The molecule has 1 aliphatic heterocycles. The summed E-state index contributed by atoms with van der Waals surface area (Å²) in [7, 11) is -3.48. The molecule has 1 heterocycles. The summed E-state index contributed by atoms with van der Waals surface area (Å²) in [5.74, 6) is 0.322. The lowest BCUT2D eigenvalue weighted by Crippen LogP contribution is -2.57. The maximum atomic E-state index is 12.6. The first kappa shape index (κ1) is 20.7. The average Bonchev–Trinajstić information content (AvgIpc) is 2.53. The topological polar surface area (TPSA) is 84.5 Å². The Hall–Kier alpha value is -1.31. The molecule has 6 nitrogen and oxygen atoms in total. The first-order chi connectivity index (χ1) is 10.9. The van der Waals surface area contributed by atoms with Crippen LogP contribution >= 0.6 is 12.4 Å². The molecular formula is C16H25ClN2O4S. The van der Waals surface area contributed by atoms with Crippen molar-refractivity contribution in [2.45, 2.75) is 31.1 Å². The van der Waals surface area contributed by atoms with E-state index >= 15 is 0 Å². The molecule has 0 radical (unpaired) electrons. The number of carbonyl (C=O) groups excluding carboxylic acids is 1. The third kappa shape index (κ3) is 4.62. The molecule has 0 atom stereocenters. The number of amides is 1. The second-order valence-corrected chi connectivity index (χ2v) is 8.11. The van der Waals surface area contributed by atoms with Crippen LogP contribution in [-0.2, 0) is 21.2 Å². The van der Waals surface area contributed by atoms with Crippen LogP contribution in [0.25, 0.3) is 0 Å². The molecule has 136 valence electrons. The highest BCUT2D eigenvalue weighted by molar-refractivity contribution is 7.92. The summed E-state index contributed by atoms with van der Waals surface area (Å²) >= 11 is 0. The molecule has 0 bridgehead atoms. The van der Waals surface area contributed by atoms with Crippen molar-refractivity contribution in [3.05, 3.63) is 29.8 Å². The lowest BCUT2D eigenvalue weighted by molar-refractivity contribution is -0.124. The Balaban J connectivity index is 0.00000288. The van der Waals surface area contributed by atoms with Crippen molar-refractivity contribution in [2.24, 2.45) is 0 Å². The van der Waals surface area contributed by atoms with E-state index < -0.39 is 20.5 Å². The molecule has 0 spiro atoms. The SMILES string of the molecule is CCOc1cccc(CNC(=O)C2(S(C)(=O)=O)CCNCC2)c1.Cl. The number of halogens is 1. The zero-order valence-corrected chi connectivity index (χ0v) is 15.6. The summed E-state index contributed by atoms with van der Waals surface area (Å²) in [6.07, 6.45) is 1.75. The summed E-state index contributed by atoms with van der Waals surface area (Å²) in [5, 5.41) is 5.88. The van der Waals surface area contributed by atoms with Crippen LogP contribution in [0.15, 0.2) is 24.3 Å². The van der Waals surface area contributed by atoms with Gasteiger partial charge in [-0.05, 0) is 50.6 Å². The van der Waals surface area contributed by atoms with Gasteiger partial charge in [-0.25, -0.2) is 8.42 Å². The van der Waals surface area contributed by atoms with E-state index in [1.54, 1.807) is 0 Å². The lowest BCUT2D eigenvalue weighted by Gasteiger charge is -2.34. The second-order valence-electron chi connectivity index (χ2n) is 5.78. The first-order valence-electron chi connectivity index (χ1n) is 7.79. The predicted molar refractivity (Wildman–Crippen MR) is 96.4 cm³/mol. The lowest BCUT2D eigenvalue weighted by atomic mass is 9.95. The van der Waals surface area contributed by atoms with E-state index in [2.05, 4.69) is 10.6 Å². The van der Waals surface area contributed by atoms with E-state index in [1.165, 1.54) is 0 Å². The molecule has 1 fully saturated rings. The van der Waals surface area contributed by atoms with Crippen molar-refractivity contribution in [3.8, 4) is 5.75 Å². The van der Waals surface area contributed by atoms with Crippen LogP contribution in [0.4, 0.5) is 0 Å². The van der Waals surface area contributed by atoms with Crippen LogP contribution < -0.4 is 15.4 Å². The fourth-order valence-corrected chi connectivity index (χ4v) is 4.21. The fraction of sp³-hybridized carbons (Fsp3) is 0.562. The minimum Gasteiger partial charge on any atom is -0.494 e. The van der Waals surface area contributed by atoms with Gasteiger partial charge in [0.2, 0.25) is 5.91 Å². The van der Waals surface area contributed by atoms with Crippen molar-refractivity contribution >= 4 is 28.2 Å². The summed E-state index contributed by atoms with van der Waals surface area (Å²) in [6.45, 7) is 3.81. The number of hydrogen-bond acceptors (Lipinski definition) is 5. The molecule has 1 saturated heterocycles. The average molecular weight is 377 g/mol. The van der Waals surface area contributed by atoms with Crippen LogP contribution in [0.2, 0.25) is 0 Å². The van der Waals surface area contributed by atoms with Gasteiger partial charge in [-0.1, -0.05) is 12.1 Å². The summed E-state index contributed by atoms with van der Waals surface area (Å²) in [6, 6.07) is 7.42. The van der Waals surface area contributed by atoms with Gasteiger partial charge in [-0.2, -0.15) is 0 Å². The number of benzene rings is 1. The normalized spacial score (nSPS) is 16.8. The minimum absolute atomic E-state index is 0. The molecule has 0 unspecified atom stereocenters. The maximum absolute atomic E-state index is 12.6. The zero-order chi connectivity index (χ0) is 16.9. The van der Waals surface area contributed by atoms with E-state index in [0.29, 0.717) is 32.5 Å². The van der Waals surface area contributed by atoms with Crippen molar-refractivity contribution < 1.29 is 17.9 Å². The van der Waals surface area contributed by atoms with E-state index in [4.69, 9.17) is 4.74 Å². The van der Waals surface area contributed by atoms with Crippen LogP contribution in [0.1, 0.15) is 25.3 Å². The van der Waals surface area contributed by atoms with Crippen molar-refractivity contribution in [1.29, 1.82) is 0 Å². The predicted octanol–water partition coefficient (Wildman–Crippen LogP) is 1.29. The molecule has 1 aliphatic rings. The summed E-state index contributed by atoms with van der Waals surface area (Å²) in [4.78, 5) is 12.6. The third-order valence-electron chi connectivity index (χ3n) is 4.20.